The topological polar surface area (TPSA) is 87.9 Å². The van der Waals surface area contributed by atoms with Gasteiger partial charge in [-0.15, -0.1) is 0 Å². The van der Waals surface area contributed by atoms with E-state index in [2.05, 4.69) is 5.32 Å². The van der Waals surface area contributed by atoms with Crippen LogP contribution in [0.25, 0.3) is 0 Å². The van der Waals surface area contributed by atoms with Crippen molar-refractivity contribution in [3.8, 4) is 0 Å². The third-order valence-corrected chi connectivity index (χ3v) is 4.61. The molecule has 0 saturated carbocycles. The molecule has 3 N–H and O–H groups in total. The fourth-order valence-corrected chi connectivity index (χ4v) is 3.36. The average molecular weight is 412 g/mol. The van der Waals surface area contributed by atoms with E-state index in [4.69, 9.17) is 10.5 Å². The largest absolute Gasteiger partial charge is 0.370 e. The first-order chi connectivity index (χ1) is 13.5. The second-order valence-corrected chi connectivity index (χ2v) is 8.39. The Hall–Kier alpha value is -2.10. The summed E-state index contributed by atoms with van der Waals surface area (Å²) in [5.74, 6) is -0.739. The minimum Gasteiger partial charge on any atom is -0.370 e. The summed E-state index contributed by atoms with van der Waals surface area (Å²) < 4.78 is 32.4. The molecule has 0 radical (unpaired) electrons. The molecular formula is C20H30F2N4O3. The van der Waals surface area contributed by atoms with Crippen LogP contribution in [0.2, 0.25) is 0 Å². The second-order valence-electron chi connectivity index (χ2n) is 8.39. The van der Waals surface area contributed by atoms with Gasteiger partial charge in [0.25, 0.3) is 12.3 Å². The predicted octanol–water partition coefficient (Wildman–Crippen LogP) is 2.23. The molecule has 1 atom stereocenters. The first-order valence-corrected chi connectivity index (χ1v) is 9.55. The molecule has 29 heavy (non-hydrogen) atoms. The van der Waals surface area contributed by atoms with Gasteiger partial charge in [-0.2, -0.15) is 0 Å². The third-order valence-electron chi connectivity index (χ3n) is 4.61. The molecule has 1 aliphatic heterocycles. The lowest BCUT2D eigenvalue weighted by Crippen LogP contribution is -2.49. The van der Waals surface area contributed by atoms with Gasteiger partial charge in [-0.05, 0) is 30.7 Å². The van der Waals surface area contributed by atoms with Crippen molar-refractivity contribution in [3.63, 3.8) is 0 Å². The van der Waals surface area contributed by atoms with E-state index in [0.29, 0.717) is 25.4 Å². The van der Waals surface area contributed by atoms with Gasteiger partial charge >= 0.3 is 0 Å². The lowest BCUT2D eigenvalue weighted by Gasteiger charge is -2.32. The molecular weight excluding hydrogens is 382 g/mol. The number of likely N-dealkylation sites (N-methyl/N-ethyl adjacent to an activating group) is 1. The Bertz CT molecular complexity index is 737. The minimum absolute atomic E-state index is 0.0112. The number of hydrogen-bond acceptors (Lipinski definition) is 5. The number of ether oxygens (including phenoxy) is 1. The Kier molecular flexibility index (Phi) is 7.67. The van der Waals surface area contributed by atoms with Crippen LogP contribution in [0.5, 0.6) is 0 Å². The molecule has 1 saturated heterocycles. The summed E-state index contributed by atoms with van der Waals surface area (Å²) in [5, 5.41) is 2.58. The number of nitrogens with two attached hydrogens (primary N) is 1. The standard InChI is InChI=1S/C20H30F2N4O3/c1-20(2,3)12-25(4)16(10-23)19(28)24-15-6-5-13(9-14(15)18(21)22)26-7-8-29-11-17(26)27/h5-6,9,16,18H,7-8,10-12,23H2,1-4H3,(H,24,28)/t16-/m0/s1. The maximum atomic E-state index is 13.7. The SMILES string of the molecule is CN(CC(C)(C)C)[C@@H](CN)C(=O)Nc1ccc(N2CCOCC2=O)cc1C(F)F. The van der Waals surface area contributed by atoms with Crippen molar-refractivity contribution < 1.29 is 23.1 Å². The fraction of sp³-hybridized carbons (Fsp3) is 0.600. The van der Waals surface area contributed by atoms with Crippen LogP contribution in [0.3, 0.4) is 0 Å². The number of anilines is 2. The molecule has 0 spiro atoms. The van der Waals surface area contributed by atoms with Crippen molar-refractivity contribution in [3.05, 3.63) is 23.8 Å². The van der Waals surface area contributed by atoms with Crippen molar-refractivity contribution in [1.29, 1.82) is 0 Å². The van der Waals surface area contributed by atoms with E-state index in [1.165, 1.54) is 17.0 Å². The van der Waals surface area contributed by atoms with Gasteiger partial charge in [-0.3, -0.25) is 14.5 Å². The molecule has 0 unspecified atom stereocenters. The normalized spacial score (nSPS) is 16.4. The number of carbonyl (C=O) groups excluding carboxylic acids is 2. The quantitative estimate of drug-likeness (QED) is 0.717. The molecule has 1 aromatic rings. The van der Waals surface area contributed by atoms with E-state index < -0.39 is 18.4 Å². The molecule has 162 valence electrons. The smallest absolute Gasteiger partial charge is 0.265 e. The van der Waals surface area contributed by atoms with Gasteiger partial charge in [-0.25, -0.2) is 8.78 Å². The Morgan fingerprint density at radius 2 is 2.07 bits per heavy atom. The lowest BCUT2D eigenvalue weighted by atomic mass is 9.95. The highest BCUT2D eigenvalue weighted by molar-refractivity contribution is 5.97. The van der Waals surface area contributed by atoms with Crippen LogP contribution < -0.4 is 16.0 Å². The Morgan fingerprint density at radius 1 is 1.38 bits per heavy atom. The number of amides is 2. The van der Waals surface area contributed by atoms with Crippen LogP contribution >= 0.6 is 0 Å². The number of alkyl halides is 2. The molecule has 1 heterocycles. The Morgan fingerprint density at radius 3 is 2.62 bits per heavy atom. The van der Waals surface area contributed by atoms with Gasteiger partial charge in [-0.1, -0.05) is 20.8 Å². The first kappa shape index (κ1) is 23.2. The van der Waals surface area contributed by atoms with Gasteiger partial charge in [0.2, 0.25) is 5.91 Å². The molecule has 9 heteroatoms. The van der Waals surface area contributed by atoms with E-state index in [0.717, 1.165) is 0 Å². The molecule has 0 bridgehead atoms. The van der Waals surface area contributed by atoms with E-state index >= 15 is 0 Å². The van der Waals surface area contributed by atoms with Gasteiger partial charge in [0.05, 0.1) is 6.61 Å². The van der Waals surface area contributed by atoms with E-state index in [9.17, 15) is 18.4 Å². The number of hydrogen-bond donors (Lipinski definition) is 2. The molecule has 2 rings (SSSR count). The van der Waals surface area contributed by atoms with Crippen LogP contribution in [0.15, 0.2) is 18.2 Å². The maximum Gasteiger partial charge on any atom is 0.265 e. The average Bonchev–Trinajstić information content (AvgIpc) is 2.61. The lowest BCUT2D eigenvalue weighted by molar-refractivity contribution is -0.125. The summed E-state index contributed by atoms with van der Waals surface area (Å²) in [5.41, 5.74) is 5.74. The van der Waals surface area contributed by atoms with Crippen molar-refractivity contribution in [2.24, 2.45) is 11.1 Å². The monoisotopic (exact) mass is 412 g/mol. The highest BCUT2D eigenvalue weighted by Crippen LogP contribution is 2.32. The van der Waals surface area contributed by atoms with Crippen LogP contribution in [-0.2, 0) is 14.3 Å². The first-order valence-electron chi connectivity index (χ1n) is 9.55. The van der Waals surface area contributed by atoms with Gasteiger partial charge in [0.1, 0.15) is 12.6 Å². The summed E-state index contributed by atoms with van der Waals surface area (Å²) in [6.45, 7) is 7.33. The van der Waals surface area contributed by atoms with E-state index in [1.54, 1.807) is 13.1 Å². The van der Waals surface area contributed by atoms with Gasteiger partial charge in [0, 0.05) is 36.6 Å². The minimum atomic E-state index is -2.81. The number of benzene rings is 1. The van der Waals surface area contributed by atoms with Gasteiger partial charge < -0.3 is 20.7 Å². The van der Waals surface area contributed by atoms with Crippen LogP contribution in [0, 0.1) is 5.41 Å². The third kappa shape index (κ3) is 6.19. The maximum absolute atomic E-state index is 13.7. The number of halogens is 2. The number of nitrogens with one attached hydrogen (secondary N) is 1. The number of rotatable bonds is 7. The Balaban J connectivity index is 2.22. The predicted molar refractivity (Wildman–Crippen MR) is 108 cm³/mol. The van der Waals surface area contributed by atoms with E-state index in [1.807, 2.05) is 25.7 Å². The zero-order valence-electron chi connectivity index (χ0n) is 17.4. The summed E-state index contributed by atoms with van der Waals surface area (Å²) in [7, 11) is 1.78. The van der Waals surface area contributed by atoms with Crippen molar-refractivity contribution in [1.82, 2.24) is 4.90 Å². The fourth-order valence-electron chi connectivity index (χ4n) is 3.36. The molecule has 7 nitrogen and oxygen atoms in total. The molecule has 1 aromatic carbocycles. The number of carbonyl (C=O) groups is 2. The number of morpholine rings is 1. The van der Waals surface area contributed by atoms with Gasteiger partial charge in [0.15, 0.2) is 0 Å². The van der Waals surface area contributed by atoms with Crippen LogP contribution in [0.1, 0.15) is 32.8 Å². The molecule has 1 aliphatic rings. The molecule has 0 aliphatic carbocycles. The second kappa shape index (κ2) is 9.60. The van der Waals surface area contributed by atoms with Crippen molar-refractivity contribution in [2.75, 3.05) is 50.1 Å². The Labute approximate surface area is 170 Å². The summed E-state index contributed by atoms with van der Waals surface area (Å²) >= 11 is 0. The zero-order chi connectivity index (χ0) is 21.8. The molecule has 2 amide bonds. The summed E-state index contributed by atoms with van der Waals surface area (Å²) in [6, 6.07) is 3.52. The summed E-state index contributed by atoms with van der Waals surface area (Å²) in [6.07, 6.45) is -2.81. The van der Waals surface area contributed by atoms with Crippen LogP contribution in [0.4, 0.5) is 20.2 Å². The zero-order valence-corrected chi connectivity index (χ0v) is 17.4. The molecule has 0 aromatic heterocycles. The highest BCUT2D eigenvalue weighted by atomic mass is 19.3. The van der Waals surface area contributed by atoms with Crippen molar-refractivity contribution >= 4 is 23.2 Å². The van der Waals surface area contributed by atoms with E-state index in [-0.39, 0.29) is 35.7 Å². The summed E-state index contributed by atoms with van der Waals surface area (Å²) in [4.78, 5) is 27.9. The molecule has 1 fully saturated rings. The number of nitrogens with zero attached hydrogens (tertiary/aromatic N) is 2. The van der Waals surface area contributed by atoms with Crippen molar-refractivity contribution in [2.45, 2.75) is 33.2 Å². The van der Waals surface area contributed by atoms with Crippen LogP contribution in [-0.4, -0.2) is 62.7 Å². The highest BCUT2D eigenvalue weighted by Gasteiger charge is 2.27.